The highest BCUT2D eigenvalue weighted by atomic mass is 32.2. The topological polar surface area (TPSA) is 17.1 Å². The smallest absolute Gasteiger partial charge is 0.182 e. The number of hydrogen-bond acceptors (Lipinski definition) is 2. The summed E-state index contributed by atoms with van der Waals surface area (Å²) in [6.07, 6.45) is 5.90. The van der Waals surface area contributed by atoms with Crippen LogP contribution in [0.5, 0.6) is 0 Å². The quantitative estimate of drug-likeness (QED) is 0.447. The second-order valence-electron chi connectivity index (χ2n) is 7.21. The molecule has 2 aromatic carbocycles. The molecule has 25 heavy (non-hydrogen) atoms. The van der Waals surface area contributed by atoms with Gasteiger partial charge in [0, 0.05) is 30.0 Å². The summed E-state index contributed by atoms with van der Waals surface area (Å²) < 4.78 is 0. The lowest BCUT2D eigenvalue weighted by Gasteiger charge is -2.27. The summed E-state index contributed by atoms with van der Waals surface area (Å²) in [5, 5.41) is 0. The molecule has 0 saturated heterocycles. The van der Waals surface area contributed by atoms with Crippen LogP contribution in [-0.4, -0.2) is 10.6 Å². The van der Waals surface area contributed by atoms with Gasteiger partial charge in [-0.2, -0.15) is 0 Å². The van der Waals surface area contributed by atoms with Crippen LogP contribution in [0.2, 0.25) is 0 Å². The van der Waals surface area contributed by atoms with Gasteiger partial charge in [0.15, 0.2) is 5.78 Å². The molecule has 2 aliphatic rings. The molecule has 126 valence electrons. The zero-order valence-corrected chi connectivity index (χ0v) is 16.2. The van der Waals surface area contributed by atoms with Crippen LogP contribution < -0.4 is 0 Å². The summed E-state index contributed by atoms with van der Waals surface area (Å²) in [7, 11) is -0.171. The Balaban J connectivity index is 2.02. The van der Waals surface area contributed by atoms with Crippen molar-refractivity contribution in [3.8, 4) is 0 Å². The predicted molar refractivity (Wildman–Crippen MR) is 108 cm³/mol. The molecule has 0 unspecified atom stereocenters. The van der Waals surface area contributed by atoms with Crippen molar-refractivity contribution < 1.29 is 4.79 Å². The predicted octanol–water partition coefficient (Wildman–Crippen LogP) is 6.12. The second-order valence-corrected chi connectivity index (χ2v) is 10.3. The molecule has 0 fully saturated rings. The van der Waals surface area contributed by atoms with Crippen molar-refractivity contribution >= 4 is 32.9 Å². The van der Waals surface area contributed by atoms with Crippen LogP contribution in [0.1, 0.15) is 20.8 Å². The van der Waals surface area contributed by atoms with Crippen molar-refractivity contribution in [2.24, 2.45) is 5.41 Å². The number of benzene rings is 2. The molecule has 0 radical (unpaired) electrons. The van der Waals surface area contributed by atoms with E-state index in [-0.39, 0.29) is 21.7 Å². The number of ketones is 1. The van der Waals surface area contributed by atoms with E-state index in [1.165, 1.54) is 24.4 Å². The van der Waals surface area contributed by atoms with Crippen molar-refractivity contribution in [2.75, 3.05) is 0 Å². The monoisotopic (exact) mass is 364 g/mol. The number of hydrogen-bond donors (Lipinski definition) is 0. The maximum absolute atomic E-state index is 12.4. The van der Waals surface area contributed by atoms with E-state index < -0.39 is 0 Å². The van der Waals surface area contributed by atoms with Crippen LogP contribution in [0.4, 0.5) is 0 Å². The van der Waals surface area contributed by atoms with Gasteiger partial charge in [0.05, 0.1) is 0 Å². The second kappa shape index (κ2) is 6.15. The summed E-state index contributed by atoms with van der Waals surface area (Å²) in [4.78, 5) is 18.9. The van der Waals surface area contributed by atoms with Crippen LogP contribution in [0.3, 0.4) is 0 Å². The van der Waals surface area contributed by atoms with Gasteiger partial charge in [0.2, 0.25) is 0 Å². The van der Waals surface area contributed by atoms with E-state index in [1.807, 2.05) is 17.8 Å². The van der Waals surface area contributed by atoms with Gasteiger partial charge in [0.1, 0.15) is 0 Å². The highest BCUT2D eigenvalue weighted by molar-refractivity contribution is 8.18. The molecule has 0 saturated carbocycles. The lowest BCUT2D eigenvalue weighted by molar-refractivity contribution is -0.112. The summed E-state index contributed by atoms with van der Waals surface area (Å²) in [6, 6.07) is 17.3. The fourth-order valence-corrected chi connectivity index (χ4v) is 6.89. The molecule has 0 aromatic heterocycles. The van der Waals surface area contributed by atoms with E-state index in [0.29, 0.717) is 0 Å². The summed E-state index contributed by atoms with van der Waals surface area (Å²) in [5.74, 6) is 0.132. The zero-order chi connectivity index (χ0) is 17.6. The van der Waals surface area contributed by atoms with Crippen molar-refractivity contribution in [1.82, 2.24) is 0 Å². The minimum Gasteiger partial charge on any atom is -0.290 e. The number of rotatable bonds is 0. The Morgan fingerprint density at radius 1 is 0.840 bits per heavy atom. The molecule has 0 atom stereocenters. The Kier molecular flexibility index (Phi) is 4.09. The SMILES string of the molecule is CC(C)(C)C1=CC(=S2c3ccccc3Sc3ccccc32)C=CC1=O. The fourth-order valence-electron chi connectivity index (χ4n) is 3.12. The van der Waals surface area contributed by atoms with E-state index in [4.69, 9.17) is 0 Å². The fraction of sp³-hybridized carbons (Fsp3) is 0.182. The number of carbonyl (C=O) groups excluding carboxylic acids is 1. The normalized spacial score (nSPS) is 17.2. The molecular formula is C22H20OS2. The third-order valence-corrected chi connectivity index (χ3v) is 8.08. The van der Waals surface area contributed by atoms with Crippen molar-refractivity contribution in [1.29, 1.82) is 0 Å². The third-order valence-electron chi connectivity index (χ3n) is 4.35. The van der Waals surface area contributed by atoms with Crippen LogP contribution >= 0.6 is 22.2 Å². The number of carbonyl (C=O) groups is 1. The van der Waals surface area contributed by atoms with Gasteiger partial charge < -0.3 is 0 Å². The molecule has 0 amide bonds. The summed E-state index contributed by atoms with van der Waals surface area (Å²) >= 11 is 1.84. The molecule has 0 N–H and O–H groups in total. The van der Waals surface area contributed by atoms with E-state index in [9.17, 15) is 4.79 Å². The Labute approximate surface area is 155 Å². The van der Waals surface area contributed by atoms with Crippen molar-refractivity contribution in [2.45, 2.75) is 40.4 Å². The lowest BCUT2D eigenvalue weighted by Crippen LogP contribution is -2.20. The molecule has 3 heteroatoms. The highest BCUT2D eigenvalue weighted by Gasteiger charge is 2.27. The maximum atomic E-state index is 12.4. The Hall–Kier alpha value is -1.84. The molecule has 1 heterocycles. The minimum absolute atomic E-state index is 0.132. The van der Waals surface area contributed by atoms with E-state index in [0.717, 1.165) is 5.57 Å². The Bertz CT molecular complexity index is 924. The molecule has 0 bridgehead atoms. The van der Waals surface area contributed by atoms with Crippen LogP contribution in [0.25, 0.3) is 0 Å². The molecule has 1 aliphatic heterocycles. The number of allylic oxidation sites excluding steroid dienone is 4. The van der Waals surface area contributed by atoms with Gasteiger partial charge in [-0.3, -0.25) is 4.79 Å². The first-order valence-corrected chi connectivity index (χ1v) is 10.4. The van der Waals surface area contributed by atoms with Gasteiger partial charge in [-0.15, -0.1) is 10.5 Å². The minimum atomic E-state index is -0.171. The van der Waals surface area contributed by atoms with Gasteiger partial charge in [-0.25, -0.2) is 0 Å². The van der Waals surface area contributed by atoms with Gasteiger partial charge in [0.25, 0.3) is 0 Å². The Morgan fingerprint density at radius 2 is 1.40 bits per heavy atom. The van der Waals surface area contributed by atoms with E-state index in [2.05, 4.69) is 75.4 Å². The average molecular weight is 365 g/mol. The summed E-state index contributed by atoms with van der Waals surface area (Å²) in [6.45, 7) is 6.32. The van der Waals surface area contributed by atoms with Crippen LogP contribution in [0, 0.1) is 5.41 Å². The molecule has 2 aromatic rings. The van der Waals surface area contributed by atoms with Crippen LogP contribution in [0.15, 0.2) is 91.9 Å². The van der Waals surface area contributed by atoms with E-state index >= 15 is 0 Å². The molecule has 1 aliphatic carbocycles. The van der Waals surface area contributed by atoms with Crippen molar-refractivity contribution in [3.63, 3.8) is 0 Å². The largest absolute Gasteiger partial charge is 0.290 e. The van der Waals surface area contributed by atoms with Crippen molar-refractivity contribution in [3.05, 3.63) is 72.3 Å². The maximum Gasteiger partial charge on any atom is 0.182 e. The first-order chi connectivity index (χ1) is 11.9. The standard InChI is InChI=1S/C22H20OS2/c1-22(2,3)16-14-15(12-13-17(16)23)25-20-10-6-4-8-18(20)24-19-9-5-7-11-21(19)25/h4-14H,1-3H3. The van der Waals surface area contributed by atoms with Crippen LogP contribution in [-0.2, 0) is 4.79 Å². The average Bonchev–Trinajstić information content (AvgIpc) is 2.59. The van der Waals surface area contributed by atoms with Gasteiger partial charge >= 0.3 is 0 Å². The first kappa shape index (κ1) is 16.6. The van der Waals surface area contributed by atoms with Gasteiger partial charge in [-0.1, -0.05) is 56.8 Å². The molecule has 4 rings (SSSR count). The zero-order valence-electron chi connectivity index (χ0n) is 14.6. The molecule has 0 spiro atoms. The Morgan fingerprint density at radius 3 is 1.96 bits per heavy atom. The lowest BCUT2D eigenvalue weighted by atomic mass is 9.81. The molecular weight excluding hydrogens is 344 g/mol. The first-order valence-electron chi connectivity index (χ1n) is 8.37. The van der Waals surface area contributed by atoms with Gasteiger partial charge in [-0.05, 0) is 47.9 Å². The van der Waals surface area contributed by atoms with E-state index in [1.54, 1.807) is 6.08 Å². The highest BCUT2D eigenvalue weighted by Crippen LogP contribution is 2.53. The number of fused-ring (bicyclic) bond motifs is 2. The molecule has 1 nitrogen and oxygen atoms in total. The third kappa shape index (κ3) is 2.96. The summed E-state index contributed by atoms with van der Waals surface area (Å²) in [5.41, 5.74) is 0.741.